The van der Waals surface area contributed by atoms with Crippen molar-refractivity contribution in [2.24, 2.45) is 23.7 Å². The fourth-order valence-corrected chi connectivity index (χ4v) is 11.1. The van der Waals surface area contributed by atoms with E-state index in [2.05, 4.69) is 121 Å². The van der Waals surface area contributed by atoms with Gasteiger partial charge in [0.2, 0.25) is 0 Å². The van der Waals surface area contributed by atoms with E-state index in [-0.39, 0.29) is 5.41 Å². The van der Waals surface area contributed by atoms with Crippen molar-refractivity contribution in [3.8, 4) is 56.0 Å². The van der Waals surface area contributed by atoms with Crippen molar-refractivity contribution < 1.29 is 4.74 Å². The molecule has 0 atom stereocenters. The topological polar surface area (TPSA) is 9.23 Å². The highest BCUT2D eigenvalue weighted by Crippen LogP contribution is 2.69. The van der Waals surface area contributed by atoms with Crippen LogP contribution < -0.4 is 4.74 Å². The Morgan fingerprint density at radius 2 is 1.16 bits per heavy atom. The Labute approximate surface area is 264 Å². The highest BCUT2D eigenvalue weighted by atomic mass is 16.5. The Bertz CT molecular complexity index is 2180. The van der Waals surface area contributed by atoms with Gasteiger partial charge in [-0.25, -0.2) is 0 Å². The van der Waals surface area contributed by atoms with Gasteiger partial charge in [0.05, 0.1) is 0 Å². The van der Waals surface area contributed by atoms with E-state index < -0.39 is 0 Å². The van der Waals surface area contributed by atoms with E-state index in [0.29, 0.717) is 0 Å². The Morgan fingerprint density at radius 1 is 0.467 bits per heavy atom. The Kier molecular flexibility index (Phi) is 4.80. The van der Waals surface area contributed by atoms with Crippen molar-refractivity contribution >= 4 is 10.8 Å². The van der Waals surface area contributed by atoms with Crippen molar-refractivity contribution in [3.63, 3.8) is 0 Å². The molecule has 0 radical (unpaired) electrons. The van der Waals surface area contributed by atoms with Gasteiger partial charge in [0.25, 0.3) is 0 Å². The van der Waals surface area contributed by atoms with Gasteiger partial charge in [0.1, 0.15) is 11.5 Å². The van der Waals surface area contributed by atoms with Gasteiger partial charge >= 0.3 is 0 Å². The van der Waals surface area contributed by atoms with Crippen LogP contribution in [0.25, 0.3) is 55.3 Å². The maximum absolute atomic E-state index is 6.67. The summed E-state index contributed by atoms with van der Waals surface area (Å²) in [6.07, 6.45) is 7.08. The summed E-state index contributed by atoms with van der Waals surface area (Å²) in [5.41, 5.74) is 13.9. The van der Waals surface area contributed by atoms with Crippen LogP contribution in [0.2, 0.25) is 0 Å². The van der Waals surface area contributed by atoms with Crippen LogP contribution in [0.5, 0.6) is 11.5 Å². The number of hydrogen-bond donors (Lipinski definition) is 0. The molecule has 5 aliphatic carbocycles. The molecule has 6 aromatic rings. The van der Waals surface area contributed by atoms with E-state index in [1.807, 2.05) is 0 Å². The van der Waals surface area contributed by atoms with E-state index >= 15 is 0 Å². The number of benzene rings is 6. The quantitative estimate of drug-likeness (QED) is 0.198. The summed E-state index contributed by atoms with van der Waals surface area (Å²) in [6, 6.07) is 45.5. The fraction of sp³-hybridized carbons (Fsp3) is 0.227. The van der Waals surface area contributed by atoms with Crippen LogP contribution in [0.1, 0.15) is 43.2 Å². The molecule has 0 saturated heterocycles. The summed E-state index contributed by atoms with van der Waals surface area (Å²) < 4.78 is 6.67. The third-order valence-electron chi connectivity index (χ3n) is 12.4. The number of hydrogen-bond acceptors (Lipinski definition) is 1. The third kappa shape index (κ3) is 3.14. The van der Waals surface area contributed by atoms with Gasteiger partial charge in [-0.3, -0.25) is 0 Å². The fourth-order valence-electron chi connectivity index (χ4n) is 11.1. The second-order valence-corrected chi connectivity index (χ2v) is 14.5. The molecule has 0 aromatic heterocycles. The zero-order valence-electron chi connectivity index (χ0n) is 25.3. The first-order valence-electron chi connectivity index (χ1n) is 16.9. The maximum atomic E-state index is 6.67. The average Bonchev–Trinajstić information content (AvgIpc) is 3.37. The van der Waals surface area contributed by atoms with E-state index in [1.165, 1.54) is 87.4 Å². The van der Waals surface area contributed by atoms with Gasteiger partial charge in [-0.15, -0.1) is 0 Å². The van der Waals surface area contributed by atoms with E-state index in [9.17, 15) is 0 Å². The highest BCUT2D eigenvalue weighted by Gasteiger charge is 2.61. The summed E-state index contributed by atoms with van der Waals surface area (Å²) in [4.78, 5) is 0. The van der Waals surface area contributed by atoms with Gasteiger partial charge in [0.15, 0.2) is 0 Å². The molecular formula is C44H34O. The molecule has 1 heterocycles. The van der Waals surface area contributed by atoms with E-state index in [0.717, 1.165) is 35.2 Å². The molecule has 1 spiro atoms. The van der Waals surface area contributed by atoms with Gasteiger partial charge in [0, 0.05) is 16.4 Å². The number of fused-ring (bicyclic) bond motifs is 5. The number of ether oxygens (including phenoxy) is 1. The smallest absolute Gasteiger partial charge is 0.136 e. The molecule has 0 N–H and O–H groups in total. The summed E-state index contributed by atoms with van der Waals surface area (Å²) in [7, 11) is 0. The van der Waals surface area contributed by atoms with Crippen molar-refractivity contribution in [2.75, 3.05) is 0 Å². The normalized spacial score (nSPS) is 26.0. The lowest BCUT2D eigenvalue weighted by Crippen LogP contribution is -2.55. The van der Waals surface area contributed by atoms with E-state index in [4.69, 9.17) is 4.74 Å². The second-order valence-electron chi connectivity index (χ2n) is 14.5. The lowest BCUT2D eigenvalue weighted by atomic mass is 9.43. The molecule has 6 aromatic carbocycles. The molecule has 216 valence electrons. The molecule has 1 heteroatoms. The van der Waals surface area contributed by atoms with Crippen molar-refractivity contribution in [2.45, 2.75) is 37.5 Å². The lowest BCUT2D eigenvalue weighted by molar-refractivity contribution is -0.0399. The zero-order valence-corrected chi connectivity index (χ0v) is 25.3. The molecule has 0 unspecified atom stereocenters. The first kappa shape index (κ1) is 24.7. The monoisotopic (exact) mass is 578 g/mol. The predicted octanol–water partition coefficient (Wildman–Crippen LogP) is 11.7. The molecule has 4 saturated carbocycles. The molecular weight excluding hydrogens is 544 g/mol. The summed E-state index contributed by atoms with van der Waals surface area (Å²) in [5, 5.41) is 2.49. The van der Waals surface area contributed by atoms with Gasteiger partial charge in [-0.2, -0.15) is 0 Å². The van der Waals surface area contributed by atoms with Crippen LogP contribution in [0.3, 0.4) is 0 Å². The predicted molar refractivity (Wildman–Crippen MR) is 184 cm³/mol. The van der Waals surface area contributed by atoms with Crippen LogP contribution in [0, 0.1) is 23.7 Å². The molecule has 12 rings (SSSR count). The first-order valence-corrected chi connectivity index (χ1v) is 16.9. The minimum atomic E-state index is 0.149. The number of rotatable bonds is 2. The Balaban J connectivity index is 1.21. The number of para-hydroxylation sites is 1. The summed E-state index contributed by atoms with van der Waals surface area (Å²) in [6.45, 7) is 0. The van der Waals surface area contributed by atoms with Crippen molar-refractivity contribution in [1.82, 2.24) is 0 Å². The van der Waals surface area contributed by atoms with Crippen LogP contribution in [-0.2, 0) is 5.41 Å². The summed E-state index contributed by atoms with van der Waals surface area (Å²) in [5.74, 6) is 5.26. The minimum absolute atomic E-state index is 0.149. The van der Waals surface area contributed by atoms with Crippen LogP contribution >= 0.6 is 0 Å². The standard InChI is InChI=1S/C44H34O/c1-2-9-28(10-3-1)37-25-41-43-35(34-12-5-7-16-40(34)45-41)13-8-14-36(43)42(37)29-17-18-33-32-11-4-6-15-38(32)44(39(33)24-29)30-20-26-19-27(22-30)23-31(44)21-26/h1-18,24-27,30-31H,19-23H2. The molecule has 4 fully saturated rings. The molecule has 1 nitrogen and oxygen atoms in total. The van der Waals surface area contributed by atoms with Crippen molar-refractivity contribution in [1.29, 1.82) is 0 Å². The molecule has 0 amide bonds. The van der Waals surface area contributed by atoms with Gasteiger partial charge in [-0.05, 0) is 129 Å². The Morgan fingerprint density at radius 3 is 1.98 bits per heavy atom. The lowest BCUT2D eigenvalue weighted by Gasteiger charge is -2.61. The molecule has 4 bridgehead atoms. The van der Waals surface area contributed by atoms with Crippen LogP contribution in [0.15, 0.2) is 121 Å². The maximum Gasteiger partial charge on any atom is 0.136 e. The molecule has 1 aliphatic heterocycles. The van der Waals surface area contributed by atoms with Crippen LogP contribution in [-0.4, -0.2) is 0 Å². The van der Waals surface area contributed by atoms with Gasteiger partial charge < -0.3 is 4.74 Å². The highest BCUT2D eigenvalue weighted by molar-refractivity contribution is 6.14. The molecule has 45 heavy (non-hydrogen) atoms. The summed E-state index contributed by atoms with van der Waals surface area (Å²) >= 11 is 0. The first-order chi connectivity index (χ1) is 22.3. The van der Waals surface area contributed by atoms with Crippen molar-refractivity contribution in [3.05, 3.63) is 132 Å². The third-order valence-corrected chi connectivity index (χ3v) is 12.4. The van der Waals surface area contributed by atoms with E-state index in [1.54, 1.807) is 11.1 Å². The Hall–Kier alpha value is -4.62. The second kappa shape index (κ2) is 8.76. The SMILES string of the molecule is c1ccc(-c2cc3c4c(cccc4c2-c2ccc4c(c2)C2(c5ccccc5-4)C4CC5CC(C4)CC2C5)-c2ccccc2O3)cc1. The zero-order chi connectivity index (χ0) is 29.3. The van der Waals surface area contributed by atoms with Crippen LogP contribution in [0.4, 0.5) is 0 Å². The average molecular weight is 579 g/mol. The largest absolute Gasteiger partial charge is 0.456 e. The molecule has 6 aliphatic rings. The minimum Gasteiger partial charge on any atom is -0.456 e. The van der Waals surface area contributed by atoms with Gasteiger partial charge in [-0.1, -0.05) is 103 Å².